The van der Waals surface area contributed by atoms with E-state index in [1.165, 1.54) is 5.56 Å². The Morgan fingerprint density at radius 1 is 1.24 bits per heavy atom. The summed E-state index contributed by atoms with van der Waals surface area (Å²) in [6.45, 7) is 2.75. The van der Waals surface area contributed by atoms with Crippen molar-refractivity contribution in [1.82, 2.24) is 0 Å². The molecule has 3 heteroatoms. The molecule has 0 radical (unpaired) electrons. The number of carbonyl (C=O) groups excluding carboxylic acids is 1. The number of unbranched alkanes of at least 4 members (excludes halogenated alkanes) is 2. The van der Waals surface area contributed by atoms with Crippen molar-refractivity contribution in [3.05, 3.63) is 29.8 Å². The van der Waals surface area contributed by atoms with Crippen LogP contribution in [0.2, 0.25) is 0 Å². The Morgan fingerprint density at radius 3 is 2.53 bits per heavy atom. The van der Waals surface area contributed by atoms with Gasteiger partial charge >= 0.3 is 5.97 Å². The van der Waals surface area contributed by atoms with Gasteiger partial charge < -0.3 is 10.5 Å². The third-order valence-electron chi connectivity index (χ3n) is 2.57. The number of carbonyl (C=O) groups is 1. The highest BCUT2D eigenvalue weighted by Crippen LogP contribution is 2.13. The fourth-order valence-electron chi connectivity index (χ4n) is 1.59. The Kier molecular flexibility index (Phi) is 6.33. The van der Waals surface area contributed by atoms with Crippen molar-refractivity contribution >= 4 is 5.97 Å². The predicted molar refractivity (Wildman–Crippen MR) is 69.0 cm³/mol. The van der Waals surface area contributed by atoms with Gasteiger partial charge in [0.1, 0.15) is 5.75 Å². The second-order valence-electron chi connectivity index (χ2n) is 4.11. The van der Waals surface area contributed by atoms with Crippen LogP contribution in [-0.4, -0.2) is 12.5 Å². The van der Waals surface area contributed by atoms with Crippen LogP contribution in [0, 0.1) is 0 Å². The van der Waals surface area contributed by atoms with Gasteiger partial charge in [0.15, 0.2) is 0 Å². The molecule has 1 aromatic carbocycles. The third-order valence-corrected chi connectivity index (χ3v) is 2.57. The molecule has 0 aromatic heterocycles. The molecule has 0 saturated carbocycles. The minimum atomic E-state index is -0.148. The van der Waals surface area contributed by atoms with E-state index in [1.807, 2.05) is 24.3 Å². The second-order valence-corrected chi connectivity index (χ2v) is 4.11. The SMILES string of the molecule is CCCCCC(=O)Oc1ccc(CCN)cc1. The molecule has 0 atom stereocenters. The van der Waals surface area contributed by atoms with Gasteiger partial charge in [-0.25, -0.2) is 0 Å². The molecule has 0 aliphatic carbocycles. The van der Waals surface area contributed by atoms with Crippen molar-refractivity contribution in [3.8, 4) is 5.75 Å². The summed E-state index contributed by atoms with van der Waals surface area (Å²) in [7, 11) is 0. The highest BCUT2D eigenvalue weighted by atomic mass is 16.5. The van der Waals surface area contributed by atoms with Crippen molar-refractivity contribution in [2.45, 2.75) is 39.0 Å². The van der Waals surface area contributed by atoms with Gasteiger partial charge in [-0.05, 0) is 37.1 Å². The number of hydrogen-bond donors (Lipinski definition) is 1. The zero-order valence-corrected chi connectivity index (χ0v) is 10.4. The summed E-state index contributed by atoms with van der Waals surface area (Å²) in [4.78, 5) is 11.5. The molecule has 0 unspecified atom stereocenters. The standard InChI is InChI=1S/C14H21NO2/c1-2-3-4-5-14(16)17-13-8-6-12(7-9-13)10-11-15/h6-9H,2-5,10-11,15H2,1H3. The number of ether oxygens (including phenoxy) is 1. The summed E-state index contributed by atoms with van der Waals surface area (Å²) in [5, 5.41) is 0. The minimum Gasteiger partial charge on any atom is -0.427 e. The van der Waals surface area contributed by atoms with Crippen LogP contribution < -0.4 is 10.5 Å². The van der Waals surface area contributed by atoms with Crippen LogP contribution in [-0.2, 0) is 11.2 Å². The molecule has 0 amide bonds. The fraction of sp³-hybridized carbons (Fsp3) is 0.500. The largest absolute Gasteiger partial charge is 0.427 e. The van der Waals surface area contributed by atoms with Crippen LogP contribution in [0.25, 0.3) is 0 Å². The van der Waals surface area contributed by atoms with Crippen molar-refractivity contribution in [1.29, 1.82) is 0 Å². The summed E-state index contributed by atoms with van der Waals surface area (Å²) in [6, 6.07) is 7.54. The summed E-state index contributed by atoms with van der Waals surface area (Å²) in [5.74, 6) is 0.470. The van der Waals surface area contributed by atoms with Crippen molar-refractivity contribution in [2.24, 2.45) is 5.73 Å². The Hall–Kier alpha value is -1.35. The molecule has 0 bridgehead atoms. The van der Waals surface area contributed by atoms with E-state index in [0.29, 0.717) is 18.7 Å². The first-order valence-electron chi connectivity index (χ1n) is 6.26. The van der Waals surface area contributed by atoms with Gasteiger partial charge in [-0.1, -0.05) is 31.9 Å². The maximum absolute atomic E-state index is 11.5. The number of benzene rings is 1. The maximum Gasteiger partial charge on any atom is 0.311 e. The van der Waals surface area contributed by atoms with E-state index in [0.717, 1.165) is 25.7 Å². The lowest BCUT2D eigenvalue weighted by molar-refractivity contribution is -0.134. The van der Waals surface area contributed by atoms with E-state index in [-0.39, 0.29) is 5.97 Å². The topological polar surface area (TPSA) is 52.3 Å². The van der Waals surface area contributed by atoms with Crippen molar-refractivity contribution in [3.63, 3.8) is 0 Å². The van der Waals surface area contributed by atoms with Gasteiger partial charge in [-0.15, -0.1) is 0 Å². The molecule has 0 saturated heterocycles. The van der Waals surface area contributed by atoms with E-state index in [4.69, 9.17) is 10.5 Å². The summed E-state index contributed by atoms with van der Waals surface area (Å²) < 4.78 is 5.22. The van der Waals surface area contributed by atoms with Gasteiger partial charge in [-0.2, -0.15) is 0 Å². The summed E-state index contributed by atoms with van der Waals surface area (Å²) >= 11 is 0. The Bertz CT molecular complexity index is 333. The molecule has 0 aliphatic heterocycles. The number of rotatable bonds is 7. The molecular weight excluding hydrogens is 214 g/mol. The quantitative estimate of drug-likeness (QED) is 0.449. The molecule has 0 heterocycles. The maximum atomic E-state index is 11.5. The summed E-state index contributed by atoms with van der Waals surface area (Å²) in [6.07, 6.45) is 4.44. The van der Waals surface area contributed by atoms with E-state index < -0.39 is 0 Å². The lowest BCUT2D eigenvalue weighted by Crippen LogP contribution is -2.07. The molecule has 2 N–H and O–H groups in total. The van der Waals surface area contributed by atoms with Crippen LogP contribution in [0.1, 0.15) is 38.2 Å². The highest BCUT2D eigenvalue weighted by Gasteiger charge is 2.04. The molecule has 1 rings (SSSR count). The van der Waals surface area contributed by atoms with E-state index in [1.54, 1.807) is 0 Å². The van der Waals surface area contributed by atoms with E-state index in [9.17, 15) is 4.79 Å². The molecule has 94 valence electrons. The first-order valence-corrected chi connectivity index (χ1v) is 6.26. The fourth-order valence-corrected chi connectivity index (χ4v) is 1.59. The Morgan fingerprint density at radius 2 is 1.94 bits per heavy atom. The van der Waals surface area contributed by atoms with Gasteiger partial charge in [0.2, 0.25) is 0 Å². The normalized spacial score (nSPS) is 10.2. The van der Waals surface area contributed by atoms with Crippen LogP contribution in [0.3, 0.4) is 0 Å². The van der Waals surface area contributed by atoms with Gasteiger partial charge in [0, 0.05) is 6.42 Å². The lowest BCUT2D eigenvalue weighted by Gasteiger charge is -2.05. The monoisotopic (exact) mass is 235 g/mol. The first kappa shape index (κ1) is 13.7. The molecule has 0 fully saturated rings. The molecule has 1 aromatic rings. The first-order chi connectivity index (χ1) is 8.26. The smallest absolute Gasteiger partial charge is 0.311 e. The number of hydrogen-bond acceptors (Lipinski definition) is 3. The van der Waals surface area contributed by atoms with Crippen LogP contribution in [0.4, 0.5) is 0 Å². The van der Waals surface area contributed by atoms with Crippen LogP contribution >= 0.6 is 0 Å². The Balaban J connectivity index is 2.37. The van der Waals surface area contributed by atoms with Crippen molar-refractivity contribution < 1.29 is 9.53 Å². The highest BCUT2D eigenvalue weighted by molar-refractivity contribution is 5.72. The van der Waals surface area contributed by atoms with E-state index >= 15 is 0 Å². The van der Waals surface area contributed by atoms with E-state index in [2.05, 4.69) is 6.92 Å². The second kappa shape index (κ2) is 7.85. The Labute approximate surface area is 103 Å². The van der Waals surface area contributed by atoms with Crippen LogP contribution in [0.15, 0.2) is 24.3 Å². The van der Waals surface area contributed by atoms with Gasteiger partial charge in [-0.3, -0.25) is 4.79 Å². The number of nitrogens with two attached hydrogens (primary N) is 1. The van der Waals surface area contributed by atoms with Crippen LogP contribution in [0.5, 0.6) is 5.75 Å². The van der Waals surface area contributed by atoms with Gasteiger partial charge in [0.25, 0.3) is 0 Å². The number of esters is 1. The molecule has 17 heavy (non-hydrogen) atoms. The van der Waals surface area contributed by atoms with Crippen molar-refractivity contribution in [2.75, 3.05) is 6.54 Å². The average Bonchev–Trinajstić information content (AvgIpc) is 2.32. The minimum absolute atomic E-state index is 0.148. The lowest BCUT2D eigenvalue weighted by atomic mass is 10.1. The molecule has 3 nitrogen and oxygen atoms in total. The molecule has 0 aliphatic rings. The molecule has 0 spiro atoms. The predicted octanol–water partition coefficient (Wildman–Crippen LogP) is 2.67. The zero-order chi connectivity index (χ0) is 12.5. The third kappa shape index (κ3) is 5.50. The zero-order valence-electron chi connectivity index (χ0n) is 10.4. The molecular formula is C14H21NO2. The average molecular weight is 235 g/mol. The van der Waals surface area contributed by atoms with Gasteiger partial charge in [0.05, 0.1) is 0 Å². The summed E-state index contributed by atoms with van der Waals surface area (Å²) in [5.41, 5.74) is 6.63.